The number of aliphatic imine (C=N–C) groups is 1. The number of thiophene rings is 1. The summed E-state index contributed by atoms with van der Waals surface area (Å²) in [5.41, 5.74) is 5.27. The quantitative estimate of drug-likeness (QED) is 0.585. The third-order valence-corrected chi connectivity index (χ3v) is 5.39. The van der Waals surface area contributed by atoms with Gasteiger partial charge in [-0.3, -0.25) is 4.99 Å². The molecule has 3 rings (SSSR count). The van der Waals surface area contributed by atoms with E-state index >= 15 is 0 Å². The Morgan fingerprint density at radius 1 is 1.00 bits per heavy atom. The lowest BCUT2D eigenvalue weighted by atomic mass is 9.97. The molecule has 1 aromatic carbocycles. The zero-order valence-corrected chi connectivity index (χ0v) is 14.3. The molecule has 0 bridgehead atoms. The third-order valence-electron chi connectivity index (χ3n) is 4.41. The Kier molecular flexibility index (Phi) is 5.44. The van der Waals surface area contributed by atoms with Gasteiger partial charge < -0.3 is 0 Å². The molecule has 0 N–H and O–H groups in total. The van der Waals surface area contributed by atoms with Crippen molar-refractivity contribution in [2.24, 2.45) is 4.99 Å². The molecule has 1 nitrogen and oxygen atoms in total. The summed E-state index contributed by atoms with van der Waals surface area (Å²) in [4.78, 5) is 6.25. The van der Waals surface area contributed by atoms with Crippen LogP contribution in [-0.2, 0) is 12.8 Å². The smallest absolute Gasteiger partial charge is 0.0730 e. The van der Waals surface area contributed by atoms with E-state index in [2.05, 4.69) is 42.6 Å². The fraction of sp³-hybridized carbons (Fsp3) is 0.450. The van der Waals surface area contributed by atoms with Gasteiger partial charge >= 0.3 is 0 Å². The first kappa shape index (κ1) is 15.5. The van der Waals surface area contributed by atoms with E-state index in [0.717, 1.165) is 13.0 Å². The van der Waals surface area contributed by atoms with Gasteiger partial charge in [-0.2, -0.15) is 0 Å². The van der Waals surface area contributed by atoms with Crippen LogP contribution in [0.15, 0.2) is 40.7 Å². The minimum atomic E-state index is 0.933. The summed E-state index contributed by atoms with van der Waals surface area (Å²) in [5.74, 6) is 0. The third kappa shape index (κ3) is 3.67. The van der Waals surface area contributed by atoms with Gasteiger partial charge in [-0.1, -0.05) is 56.9 Å². The van der Waals surface area contributed by atoms with Crippen molar-refractivity contribution in [1.29, 1.82) is 0 Å². The van der Waals surface area contributed by atoms with Crippen LogP contribution in [0.25, 0.3) is 0 Å². The molecule has 0 saturated carbocycles. The number of aryl methyl sites for hydroxylation is 1. The molecular weight excluding hydrogens is 286 g/mol. The predicted octanol–water partition coefficient (Wildman–Crippen LogP) is 5.65. The lowest BCUT2D eigenvalue weighted by Crippen LogP contribution is -2.11. The van der Waals surface area contributed by atoms with Gasteiger partial charge in [0.15, 0.2) is 0 Å². The molecule has 2 heterocycles. The molecule has 1 aromatic heterocycles. The second-order valence-electron chi connectivity index (χ2n) is 6.10. The Labute approximate surface area is 138 Å². The fourth-order valence-electron chi connectivity index (χ4n) is 3.11. The van der Waals surface area contributed by atoms with E-state index in [1.165, 1.54) is 65.8 Å². The van der Waals surface area contributed by atoms with Crippen LogP contribution < -0.4 is 0 Å². The van der Waals surface area contributed by atoms with Crippen molar-refractivity contribution in [2.75, 3.05) is 6.54 Å². The second-order valence-corrected chi connectivity index (χ2v) is 7.10. The monoisotopic (exact) mass is 311 g/mol. The Bertz CT molecular complexity index is 621. The molecular formula is C20H25NS. The van der Waals surface area contributed by atoms with Gasteiger partial charge in [-0.05, 0) is 29.9 Å². The summed E-state index contributed by atoms with van der Waals surface area (Å²) in [6.07, 6.45) is 9.07. The van der Waals surface area contributed by atoms with Crippen LogP contribution in [-0.4, -0.2) is 12.3 Å². The molecule has 0 amide bonds. The number of benzene rings is 1. The van der Waals surface area contributed by atoms with Crippen LogP contribution in [0.3, 0.4) is 0 Å². The van der Waals surface area contributed by atoms with Gasteiger partial charge in [-0.25, -0.2) is 0 Å². The number of hydrogen-bond donors (Lipinski definition) is 0. The number of rotatable bonds is 7. The average molecular weight is 311 g/mol. The van der Waals surface area contributed by atoms with Crippen molar-refractivity contribution in [3.8, 4) is 0 Å². The van der Waals surface area contributed by atoms with E-state index in [9.17, 15) is 0 Å². The number of fused-ring (bicyclic) bond motifs is 1. The van der Waals surface area contributed by atoms with Gasteiger partial charge in [0.05, 0.1) is 5.71 Å². The lowest BCUT2D eigenvalue weighted by Gasteiger charge is -2.13. The zero-order valence-electron chi connectivity index (χ0n) is 13.5. The van der Waals surface area contributed by atoms with E-state index in [4.69, 9.17) is 4.99 Å². The summed E-state index contributed by atoms with van der Waals surface area (Å²) >= 11 is 1.86. The minimum absolute atomic E-state index is 0.933. The van der Waals surface area contributed by atoms with Gasteiger partial charge in [0.2, 0.25) is 0 Å². The van der Waals surface area contributed by atoms with E-state index in [0.29, 0.717) is 0 Å². The summed E-state index contributed by atoms with van der Waals surface area (Å²) in [6.45, 7) is 3.20. The van der Waals surface area contributed by atoms with Crippen LogP contribution in [0.4, 0.5) is 0 Å². The molecule has 2 heteroatoms. The first-order valence-corrected chi connectivity index (χ1v) is 9.47. The van der Waals surface area contributed by atoms with E-state index in [1.54, 1.807) is 0 Å². The molecule has 1 aliphatic rings. The molecule has 22 heavy (non-hydrogen) atoms. The molecule has 116 valence electrons. The molecule has 0 spiro atoms. The Morgan fingerprint density at radius 3 is 2.64 bits per heavy atom. The Hall–Kier alpha value is -1.41. The molecule has 0 saturated heterocycles. The summed E-state index contributed by atoms with van der Waals surface area (Å²) in [6, 6.07) is 11.3. The van der Waals surface area contributed by atoms with Crippen LogP contribution in [0.2, 0.25) is 0 Å². The maximum absolute atomic E-state index is 4.76. The molecule has 0 aliphatic carbocycles. The van der Waals surface area contributed by atoms with Crippen molar-refractivity contribution in [3.63, 3.8) is 0 Å². The second kappa shape index (κ2) is 7.73. The molecule has 0 unspecified atom stereocenters. The highest BCUT2D eigenvalue weighted by molar-refractivity contribution is 7.10. The normalized spacial score (nSPS) is 13.8. The van der Waals surface area contributed by atoms with E-state index < -0.39 is 0 Å². The highest BCUT2D eigenvalue weighted by Gasteiger charge is 2.16. The van der Waals surface area contributed by atoms with Gasteiger partial charge in [-0.15, -0.1) is 11.3 Å². The SMILES string of the molecule is CCCCCCCc1ccc(C2=NCCc3sccc32)cc1. The van der Waals surface area contributed by atoms with Crippen LogP contribution in [0, 0.1) is 0 Å². The summed E-state index contributed by atoms with van der Waals surface area (Å²) in [5, 5.41) is 2.19. The highest BCUT2D eigenvalue weighted by Crippen LogP contribution is 2.25. The Morgan fingerprint density at radius 2 is 1.82 bits per heavy atom. The summed E-state index contributed by atoms with van der Waals surface area (Å²) in [7, 11) is 0. The predicted molar refractivity (Wildman–Crippen MR) is 97.4 cm³/mol. The van der Waals surface area contributed by atoms with Crippen molar-refractivity contribution in [3.05, 3.63) is 57.3 Å². The van der Waals surface area contributed by atoms with E-state index in [1.807, 2.05) is 11.3 Å². The van der Waals surface area contributed by atoms with Gasteiger partial charge in [0, 0.05) is 29.0 Å². The van der Waals surface area contributed by atoms with E-state index in [-0.39, 0.29) is 0 Å². The van der Waals surface area contributed by atoms with Crippen LogP contribution >= 0.6 is 11.3 Å². The number of nitrogens with zero attached hydrogens (tertiary/aromatic N) is 1. The van der Waals surface area contributed by atoms with Crippen LogP contribution in [0.5, 0.6) is 0 Å². The summed E-state index contributed by atoms with van der Waals surface area (Å²) < 4.78 is 0. The first-order chi connectivity index (χ1) is 10.9. The molecule has 1 aliphatic heterocycles. The first-order valence-electron chi connectivity index (χ1n) is 8.59. The average Bonchev–Trinajstić information content (AvgIpc) is 3.04. The standard InChI is InChI=1S/C20H25NS/c1-2-3-4-5-6-7-16-8-10-17(11-9-16)20-18-13-15-22-19(18)12-14-21-20/h8-11,13,15H,2-7,12,14H2,1H3. The fourth-order valence-corrected chi connectivity index (χ4v) is 3.98. The largest absolute Gasteiger partial charge is 0.284 e. The number of hydrogen-bond acceptors (Lipinski definition) is 2. The van der Waals surface area contributed by atoms with Crippen molar-refractivity contribution in [2.45, 2.75) is 51.9 Å². The minimum Gasteiger partial charge on any atom is -0.284 e. The zero-order chi connectivity index (χ0) is 15.2. The van der Waals surface area contributed by atoms with Crippen LogP contribution in [0.1, 0.15) is 60.6 Å². The molecule has 0 fully saturated rings. The van der Waals surface area contributed by atoms with Gasteiger partial charge in [0.1, 0.15) is 0 Å². The van der Waals surface area contributed by atoms with Crippen molar-refractivity contribution in [1.82, 2.24) is 0 Å². The van der Waals surface area contributed by atoms with Crippen molar-refractivity contribution < 1.29 is 0 Å². The Balaban J connectivity index is 1.61. The maximum atomic E-state index is 4.76. The molecule has 2 aromatic rings. The highest BCUT2D eigenvalue weighted by atomic mass is 32.1. The van der Waals surface area contributed by atoms with Gasteiger partial charge in [0.25, 0.3) is 0 Å². The lowest BCUT2D eigenvalue weighted by molar-refractivity contribution is 0.632. The topological polar surface area (TPSA) is 12.4 Å². The number of unbranched alkanes of at least 4 members (excludes halogenated alkanes) is 4. The molecule has 0 radical (unpaired) electrons. The molecule has 0 atom stereocenters. The maximum Gasteiger partial charge on any atom is 0.0730 e. The van der Waals surface area contributed by atoms with Crippen molar-refractivity contribution >= 4 is 17.0 Å².